The lowest BCUT2D eigenvalue weighted by atomic mass is 10.2. The van der Waals surface area contributed by atoms with Gasteiger partial charge in [-0.1, -0.05) is 6.07 Å². The van der Waals surface area contributed by atoms with Crippen LogP contribution in [0.3, 0.4) is 0 Å². The lowest BCUT2D eigenvalue weighted by Crippen LogP contribution is -2.38. The highest BCUT2D eigenvalue weighted by Gasteiger charge is 2.22. The second kappa shape index (κ2) is 10.9. The predicted octanol–water partition coefficient (Wildman–Crippen LogP) is 4.22. The average molecular weight is 452 g/mol. The first-order chi connectivity index (χ1) is 15.7. The van der Waals surface area contributed by atoms with Crippen LogP contribution in [0.2, 0.25) is 0 Å². The fourth-order valence-electron chi connectivity index (χ4n) is 3.39. The minimum absolute atomic E-state index is 0.140. The molecule has 8 nitrogen and oxygen atoms in total. The van der Waals surface area contributed by atoms with Crippen molar-refractivity contribution in [2.45, 2.75) is 52.7 Å². The molecule has 2 aromatic rings. The summed E-state index contributed by atoms with van der Waals surface area (Å²) in [5.41, 5.74) is 3.03. The number of hydrogen-bond acceptors (Lipinski definition) is 6. The number of nitrogens with one attached hydrogen (secondary N) is 1. The molecule has 1 aliphatic rings. The van der Waals surface area contributed by atoms with Crippen molar-refractivity contribution in [3.05, 3.63) is 59.9 Å². The Morgan fingerprint density at radius 2 is 1.94 bits per heavy atom. The number of pyridine rings is 1. The van der Waals surface area contributed by atoms with Crippen molar-refractivity contribution in [1.82, 2.24) is 15.2 Å². The van der Waals surface area contributed by atoms with Crippen molar-refractivity contribution in [1.29, 1.82) is 0 Å². The SMILES string of the molecule is CC1=NN(c2ccc(C(=O)NCCCN(Cc3cccnc3)C(=O)OC(C)(C)C)cc2)CC1. The molecule has 0 unspecified atom stereocenters. The van der Waals surface area contributed by atoms with Crippen molar-refractivity contribution in [3.63, 3.8) is 0 Å². The summed E-state index contributed by atoms with van der Waals surface area (Å²) in [6.07, 6.45) is 4.61. The van der Waals surface area contributed by atoms with Crippen LogP contribution in [0.1, 0.15) is 56.5 Å². The zero-order chi connectivity index (χ0) is 23.8. The van der Waals surface area contributed by atoms with Crippen LogP contribution in [-0.2, 0) is 11.3 Å². The van der Waals surface area contributed by atoms with E-state index in [-0.39, 0.29) is 12.0 Å². The number of rotatable bonds is 8. The van der Waals surface area contributed by atoms with Gasteiger partial charge in [-0.3, -0.25) is 14.8 Å². The average Bonchev–Trinajstić information content (AvgIpc) is 3.21. The maximum atomic E-state index is 12.7. The van der Waals surface area contributed by atoms with E-state index in [2.05, 4.69) is 15.4 Å². The highest BCUT2D eigenvalue weighted by molar-refractivity contribution is 5.94. The van der Waals surface area contributed by atoms with Gasteiger partial charge in [0.1, 0.15) is 5.60 Å². The molecule has 0 aliphatic carbocycles. The molecule has 2 heterocycles. The van der Waals surface area contributed by atoms with Gasteiger partial charge in [-0.15, -0.1) is 0 Å². The number of carbonyl (C=O) groups excluding carboxylic acids is 2. The molecule has 0 spiro atoms. The van der Waals surface area contributed by atoms with Crippen LogP contribution in [0.25, 0.3) is 0 Å². The van der Waals surface area contributed by atoms with Crippen LogP contribution in [0.5, 0.6) is 0 Å². The summed E-state index contributed by atoms with van der Waals surface area (Å²) in [6.45, 7) is 9.71. The Labute approximate surface area is 195 Å². The standard InChI is InChI=1S/C25H33N5O3/c1-19-12-16-30(28-19)22-10-8-21(9-11-22)23(31)27-14-6-15-29(24(32)33-25(2,3)4)18-20-7-5-13-26-17-20/h5,7-11,13,17H,6,12,14-16,18H2,1-4H3,(H,27,31). The second-order valence-electron chi connectivity index (χ2n) is 9.13. The molecule has 176 valence electrons. The third kappa shape index (κ3) is 7.59. The molecular weight excluding hydrogens is 418 g/mol. The molecule has 0 fully saturated rings. The van der Waals surface area contributed by atoms with Gasteiger partial charge in [0.05, 0.1) is 12.2 Å². The lowest BCUT2D eigenvalue weighted by Gasteiger charge is -2.27. The maximum Gasteiger partial charge on any atom is 0.410 e. The number of amides is 2. The fraction of sp³-hybridized carbons (Fsp3) is 0.440. The molecule has 1 aliphatic heterocycles. The molecular formula is C25H33N5O3. The summed E-state index contributed by atoms with van der Waals surface area (Å²) in [6, 6.07) is 11.2. The van der Waals surface area contributed by atoms with Crippen LogP contribution in [0.15, 0.2) is 53.9 Å². The molecule has 0 saturated heterocycles. The Kier molecular flexibility index (Phi) is 8.03. The summed E-state index contributed by atoms with van der Waals surface area (Å²) in [7, 11) is 0. The van der Waals surface area contributed by atoms with E-state index in [1.807, 2.05) is 69.1 Å². The van der Waals surface area contributed by atoms with Gasteiger partial charge in [0.15, 0.2) is 0 Å². The highest BCUT2D eigenvalue weighted by Crippen LogP contribution is 2.20. The fourth-order valence-corrected chi connectivity index (χ4v) is 3.39. The topological polar surface area (TPSA) is 87.1 Å². The number of ether oxygens (including phenoxy) is 1. The third-order valence-corrected chi connectivity index (χ3v) is 5.04. The molecule has 1 aromatic heterocycles. The van der Waals surface area contributed by atoms with Crippen LogP contribution < -0.4 is 10.3 Å². The van der Waals surface area contributed by atoms with E-state index in [0.717, 1.165) is 29.9 Å². The molecule has 1 N–H and O–H groups in total. The molecule has 3 rings (SSSR count). The largest absolute Gasteiger partial charge is 0.444 e. The van der Waals surface area contributed by atoms with Gasteiger partial charge in [-0.05, 0) is 70.0 Å². The normalized spacial score (nSPS) is 13.5. The monoisotopic (exact) mass is 451 g/mol. The molecule has 0 saturated carbocycles. The summed E-state index contributed by atoms with van der Waals surface area (Å²) in [5.74, 6) is -0.140. The summed E-state index contributed by atoms with van der Waals surface area (Å²) in [4.78, 5) is 30.9. The summed E-state index contributed by atoms with van der Waals surface area (Å²) in [5, 5.41) is 9.36. The van der Waals surface area contributed by atoms with Crippen LogP contribution in [0.4, 0.5) is 10.5 Å². The van der Waals surface area contributed by atoms with E-state index in [1.54, 1.807) is 17.3 Å². The number of carbonyl (C=O) groups is 2. The van der Waals surface area contributed by atoms with Crippen molar-refractivity contribution < 1.29 is 14.3 Å². The minimum Gasteiger partial charge on any atom is -0.444 e. The van der Waals surface area contributed by atoms with E-state index in [4.69, 9.17) is 4.74 Å². The van der Waals surface area contributed by atoms with Crippen LogP contribution in [-0.4, -0.2) is 52.8 Å². The highest BCUT2D eigenvalue weighted by atomic mass is 16.6. The molecule has 0 atom stereocenters. The number of hydrogen-bond donors (Lipinski definition) is 1. The van der Waals surface area contributed by atoms with E-state index in [1.165, 1.54) is 0 Å². The first kappa shape index (κ1) is 24.2. The minimum atomic E-state index is -0.580. The number of nitrogens with zero attached hydrogens (tertiary/aromatic N) is 4. The summed E-state index contributed by atoms with van der Waals surface area (Å²) < 4.78 is 5.55. The molecule has 0 radical (unpaired) electrons. The second-order valence-corrected chi connectivity index (χ2v) is 9.13. The number of benzene rings is 1. The Morgan fingerprint density at radius 3 is 2.55 bits per heavy atom. The Morgan fingerprint density at radius 1 is 1.18 bits per heavy atom. The lowest BCUT2D eigenvalue weighted by molar-refractivity contribution is 0.0232. The smallest absolute Gasteiger partial charge is 0.410 e. The van der Waals surface area contributed by atoms with Gasteiger partial charge in [0, 0.05) is 49.7 Å². The van der Waals surface area contributed by atoms with Gasteiger partial charge < -0.3 is 15.0 Å². The Balaban J connectivity index is 1.50. The molecule has 33 heavy (non-hydrogen) atoms. The van der Waals surface area contributed by atoms with E-state index in [9.17, 15) is 9.59 Å². The van der Waals surface area contributed by atoms with E-state index < -0.39 is 5.60 Å². The molecule has 8 heteroatoms. The van der Waals surface area contributed by atoms with Gasteiger partial charge in [0.25, 0.3) is 5.91 Å². The quantitative estimate of drug-likeness (QED) is 0.607. The molecule has 2 amide bonds. The summed E-state index contributed by atoms with van der Waals surface area (Å²) >= 11 is 0. The van der Waals surface area contributed by atoms with Crippen LogP contribution in [0, 0.1) is 0 Å². The number of aromatic nitrogens is 1. The van der Waals surface area contributed by atoms with Crippen molar-refractivity contribution in [3.8, 4) is 0 Å². The van der Waals surface area contributed by atoms with Crippen molar-refractivity contribution in [2.75, 3.05) is 24.6 Å². The molecule has 0 bridgehead atoms. The van der Waals surface area contributed by atoms with E-state index >= 15 is 0 Å². The first-order valence-corrected chi connectivity index (χ1v) is 11.3. The Bertz CT molecular complexity index is 968. The van der Waals surface area contributed by atoms with Crippen molar-refractivity contribution >= 4 is 23.4 Å². The zero-order valence-corrected chi connectivity index (χ0v) is 19.9. The maximum absolute atomic E-state index is 12.7. The number of anilines is 1. The zero-order valence-electron chi connectivity index (χ0n) is 19.9. The third-order valence-electron chi connectivity index (χ3n) is 5.04. The van der Waals surface area contributed by atoms with E-state index in [0.29, 0.717) is 31.6 Å². The van der Waals surface area contributed by atoms with Gasteiger partial charge in [0.2, 0.25) is 0 Å². The van der Waals surface area contributed by atoms with Crippen LogP contribution >= 0.6 is 0 Å². The van der Waals surface area contributed by atoms with Gasteiger partial charge >= 0.3 is 6.09 Å². The Hall–Kier alpha value is -3.42. The molecule has 1 aromatic carbocycles. The number of hydrazone groups is 1. The first-order valence-electron chi connectivity index (χ1n) is 11.3. The van der Waals surface area contributed by atoms with Crippen molar-refractivity contribution in [2.24, 2.45) is 5.10 Å². The van der Waals surface area contributed by atoms with Gasteiger partial charge in [-0.2, -0.15) is 5.10 Å². The van der Waals surface area contributed by atoms with Gasteiger partial charge in [-0.25, -0.2) is 4.79 Å². The predicted molar refractivity (Wildman–Crippen MR) is 129 cm³/mol.